The fourth-order valence-electron chi connectivity index (χ4n) is 7.25. The van der Waals surface area contributed by atoms with Crippen molar-refractivity contribution in [3.8, 4) is 0 Å². The van der Waals surface area contributed by atoms with Crippen LogP contribution in [0.4, 0.5) is 4.79 Å². The minimum Gasteiger partial charge on any atom is -0.392 e. The average Bonchev–Trinajstić information content (AvgIpc) is 3.15. The zero-order chi connectivity index (χ0) is 35.4. The summed E-state index contributed by atoms with van der Waals surface area (Å²) in [4.78, 5) is 27.7. The number of ether oxygens (including phenoxy) is 2. The molecule has 4 aromatic carbocycles. The third kappa shape index (κ3) is 10.1. The van der Waals surface area contributed by atoms with Crippen molar-refractivity contribution in [1.29, 1.82) is 0 Å². The smallest absolute Gasteiger partial charge is 0.315 e. The van der Waals surface area contributed by atoms with Crippen molar-refractivity contribution in [3.05, 3.63) is 143 Å². The van der Waals surface area contributed by atoms with E-state index in [2.05, 4.69) is 51.9 Å². The van der Waals surface area contributed by atoms with Crippen LogP contribution in [0.25, 0.3) is 0 Å². The first kappa shape index (κ1) is 36.5. The van der Waals surface area contributed by atoms with Crippen molar-refractivity contribution >= 4 is 11.8 Å². The summed E-state index contributed by atoms with van der Waals surface area (Å²) >= 11 is 0. The summed E-state index contributed by atoms with van der Waals surface area (Å²) in [6, 6.07) is 35.3. The first-order valence-corrected chi connectivity index (χ1v) is 18.4. The molecule has 1 unspecified atom stereocenters. The molecule has 0 aromatic heterocycles. The van der Waals surface area contributed by atoms with Crippen LogP contribution < -0.4 is 10.6 Å². The van der Waals surface area contributed by atoms with E-state index in [9.17, 15) is 14.7 Å². The normalized spacial score (nSPS) is 21.9. The topological polar surface area (TPSA) is 100 Å². The number of aliphatic hydroxyl groups is 1. The number of aliphatic hydroxyl groups excluding tert-OH is 1. The Bertz CT molecular complexity index is 1660. The Labute approximate surface area is 302 Å². The van der Waals surface area contributed by atoms with Crippen LogP contribution in [-0.2, 0) is 33.8 Å². The van der Waals surface area contributed by atoms with Crippen molar-refractivity contribution in [2.45, 2.75) is 89.1 Å². The van der Waals surface area contributed by atoms with E-state index >= 15 is 0 Å². The van der Waals surface area contributed by atoms with E-state index in [1.165, 1.54) is 44.6 Å². The molecule has 51 heavy (non-hydrogen) atoms. The number of nitrogens with one attached hydrogen (secondary N) is 2. The molecule has 0 bridgehead atoms. The number of likely N-dealkylation sites (tertiary alicyclic amines) is 1. The van der Waals surface area contributed by atoms with Gasteiger partial charge in [0.25, 0.3) is 0 Å². The van der Waals surface area contributed by atoms with Crippen molar-refractivity contribution < 1.29 is 24.2 Å². The minimum absolute atomic E-state index is 0.00883. The minimum atomic E-state index is -0.602. The van der Waals surface area contributed by atoms with Gasteiger partial charge < -0.3 is 30.1 Å². The Morgan fingerprint density at radius 1 is 0.725 bits per heavy atom. The van der Waals surface area contributed by atoms with E-state index in [0.717, 1.165) is 47.5 Å². The number of hydrogen-bond acceptors (Lipinski definition) is 6. The van der Waals surface area contributed by atoms with E-state index in [-0.39, 0.29) is 36.5 Å². The maximum absolute atomic E-state index is 12.8. The molecule has 8 nitrogen and oxygen atoms in total. The third-order valence-corrected chi connectivity index (χ3v) is 10.1. The molecule has 268 valence electrons. The lowest BCUT2D eigenvalue weighted by Gasteiger charge is -2.44. The summed E-state index contributed by atoms with van der Waals surface area (Å²) in [6.45, 7) is 4.74. The van der Waals surface area contributed by atoms with Crippen molar-refractivity contribution in [1.82, 2.24) is 15.5 Å². The summed E-state index contributed by atoms with van der Waals surface area (Å²) in [7, 11) is 0. The lowest BCUT2D eigenvalue weighted by Crippen LogP contribution is -2.46. The summed E-state index contributed by atoms with van der Waals surface area (Å²) < 4.78 is 13.8. The molecule has 2 saturated heterocycles. The Hall–Kier alpha value is -4.34. The number of nitrogens with zero attached hydrogens (tertiary/aromatic N) is 1. The molecule has 5 atom stereocenters. The Morgan fingerprint density at radius 2 is 1.33 bits per heavy atom. The number of ketones is 1. The Kier molecular flexibility index (Phi) is 13.0. The zero-order valence-corrected chi connectivity index (χ0v) is 29.6. The lowest BCUT2D eigenvalue weighted by molar-refractivity contribution is -0.263. The lowest BCUT2D eigenvalue weighted by atomic mass is 9.83. The molecule has 3 N–H and O–H groups in total. The maximum Gasteiger partial charge on any atom is 0.315 e. The van der Waals surface area contributed by atoms with Crippen LogP contribution in [-0.4, -0.2) is 53.6 Å². The Balaban J connectivity index is 1.19. The second-order valence-corrected chi connectivity index (χ2v) is 13.9. The molecular weight excluding hydrogens is 638 g/mol. The first-order valence-electron chi connectivity index (χ1n) is 18.4. The van der Waals surface area contributed by atoms with Gasteiger partial charge in [-0.3, -0.25) is 4.79 Å². The largest absolute Gasteiger partial charge is 0.392 e. The SMILES string of the molecule is CC(=O)[C@@H](Cc1ccccc1)NC(=O)NCc1ccc(C2O[C@H](CN3CCCCCCC3)[C@@H](c3ccccc3)[C@H](c3ccc(CO)cc3)O2)cc1. The molecule has 2 fully saturated rings. The van der Waals surface area contributed by atoms with Crippen LogP contribution in [0.15, 0.2) is 109 Å². The number of carbonyl (C=O) groups excluding carboxylic acids is 2. The molecule has 2 aliphatic heterocycles. The van der Waals surface area contributed by atoms with E-state index in [4.69, 9.17) is 9.47 Å². The van der Waals surface area contributed by atoms with Crippen molar-refractivity contribution in [2.24, 2.45) is 0 Å². The summed E-state index contributed by atoms with van der Waals surface area (Å²) in [5.74, 6) is -0.122. The number of urea groups is 1. The number of carbonyl (C=O) groups is 2. The van der Waals surface area contributed by atoms with E-state index < -0.39 is 12.3 Å². The van der Waals surface area contributed by atoms with Gasteiger partial charge in [-0.25, -0.2) is 4.79 Å². The van der Waals surface area contributed by atoms with Gasteiger partial charge in [0.05, 0.1) is 24.9 Å². The van der Waals surface area contributed by atoms with Crippen LogP contribution in [0.2, 0.25) is 0 Å². The van der Waals surface area contributed by atoms with Crippen LogP contribution in [0.1, 0.15) is 90.7 Å². The second kappa shape index (κ2) is 18.2. The van der Waals surface area contributed by atoms with Gasteiger partial charge in [0.2, 0.25) is 0 Å². The highest BCUT2D eigenvalue weighted by Gasteiger charge is 2.42. The molecule has 6 rings (SSSR count). The van der Waals surface area contributed by atoms with Gasteiger partial charge >= 0.3 is 6.03 Å². The van der Waals surface area contributed by atoms with Gasteiger partial charge in [0, 0.05) is 24.6 Å². The standard InChI is InChI=1S/C43H51N3O5/c1-31(48)38(27-32-13-7-5-8-14-32)45-43(49)44-28-33-17-23-37(24-18-33)42-50-39(29-46-25-11-3-2-4-12-26-46)40(35-15-9-6-10-16-35)41(51-42)36-21-19-34(30-47)20-22-36/h5-10,13-24,38-42,47H,2-4,11-12,25-30H2,1H3,(H2,44,45,49)/t38-,39-,40-,41+,42?/m1/s1. The first-order chi connectivity index (χ1) is 25.0. The summed E-state index contributed by atoms with van der Waals surface area (Å²) in [5.41, 5.74) is 5.91. The van der Waals surface area contributed by atoms with E-state index in [0.29, 0.717) is 13.0 Å². The highest BCUT2D eigenvalue weighted by Crippen LogP contribution is 2.47. The fourth-order valence-corrected chi connectivity index (χ4v) is 7.25. The van der Waals surface area contributed by atoms with E-state index in [1.54, 1.807) is 0 Å². The highest BCUT2D eigenvalue weighted by molar-refractivity contribution is 5.87. The van der Waals surface area contributed by atoms with Gasteiger partial charge in [-0.1, -0.05) is 128 Å². The second-order valence-electron chi connectivity index (χ2n) is 13.9. The quantitative estimate of drug-likeness (QED) is 0.144. The van der Waals surface area contributed by atoms with Gasteiger partial charge in [0.1, 0.15) is 0 Å². The molecule has 0 aliphatic carbocycles. The molecule has 2 amide bonds. The predicted octanol–water partition coefficient (Wildman–Crippen LogP) is 7.38. The number of rotatable bonds is 12. The maximum atomic E-state index is 12.8. The fraction of sp³-hybridized carbons (Fsp3) is 0.395. The van der Waals surface area contributed by atoms with Gasteiger partial charge in [-0.05, 0) is 67.1 Å². The third-order valence-electron chi connectivity index (χ3n) is 10.1. The summed E-state index contributed by atoms with van der Waals surface area (Å²) in [5, 5.41) is 15.5. The zero-order valence-electron chi connectivity index (χ0n) is 29.6. The molecule has 2 heterocycles. The van der Waals surface area contributed by atoms with Crippen LogP contribution >= 0.6 is 0 Å². The van der Waals surface area contributed by atoms with Crippen molar-refractivity contribution in [2.75, 3.05) is 19.6 Å². The van der Waals surface area contributed by atoms with Crippen molar-refractivity contribution in [3.63, 3.8) is 0 Å². The molecule has 4 aromatic rings. The average molecular weight is 690 g/mol. The highest BCUT2D eigenvalue weighted by atomic mass is 16.7. The number of amides is 2. The molecule has 0 spiro atoms. The van der Waals surface area contributed by atoms with Gasteiger partial charge in [-0.2, -0.15) is 0 Å². The van der Waals surface area contributed by atoms with Crippen LogP contribution in [0, 0.1) is 0 Å². The van der Waals surface area contributed by atoms with Gasteiger partial charge in [-0.15, -0.1) is 0 Å². The molecule has 0 saturated carbocycles. The molecule has 8 heteroatoms. The number of Topliss-reactive ketones (excluding diaryl/α,β-unsaturated/α-hetero) is 1. The van der Waals surface area contributed by atoms with Crippen LogP contribution in [0.3, 0.4) is 0 Å². The predicted molar refractivity (Wildman–Crippen MR) is 199 cm³/mol. The van der Waals surface area contributed by atoms with Gasteiger partial charge in [0.15, 0.2) is 12.1 Å². The molecular formula is C43H51N3O5. The molecule has 2 aliphatic rings. The number of benzene rings is 4. The summed E-state index contributed by atoms with van der Waals surface area (Å²) in [6.07, 6.45) is 5.70. The Morgan fingerprint density at radius 3 is 1.98 bits per heavy atom. The molecule has 0 radical (unpaired) electrons. The van der Waals surface area contributed by atoms with Crippen LogP contribution in [0.5, 0.6) is 0 Å². The van der Waals surface area contributed by atoms with E-state index in [1.807, 2.05) is 72.8 Å². The number of hydrogen-bond donors (Lipinski definition) is 3. The monoisotopic (exact) mass is 689 g/mol.